The molecule has 0 aliphatic carbocycles. The number of amides is 1. The monoisotopic (exact) mass is 339 g/mol. The van der Waals surface area contributed by atoms with Crippen molar-refractivity contribution in [1.29, 1.82) is 0 Å². The number of carbonyl (C=O) groups excluding carboxylic acids is 1. The molecule has 0 spiro atoms. The summed E-state index contributed by atoms with van der Waals surface area (Å²) in [5.41, 5.74) is 0.497. The summed E-state index contributed by atoms with van der Waals surface area (Å²) in [7, 11) is 0. The molecule has 1 aromatic heterocycles. The third-order valence-electron chi connectivity index (χ3n) is 2.73. The number of hydrogen-bond acceptors (Lipinski definition) is 3. The van der Waals surface area contributed by atoms with E-state index in [0.29, 0.717) is 15.7 Å². The first-order valence-corrected chi connectivity index (χ1v) is 6.55. The van der Waals surface area contributed by atoms with Crippen molar-refractivity contribution < 1.29 is 9.18 Å². The molecule has 7 heteroatoms. The summed E-state index contributed by atoms with van der Waals surface area (Å²) >= 11 is 3.20. The van der Waals surface area contributed by atoms with Crippen LogP contribution in [0.3, 0.4) is 0 Å². The summed E-state index contributed by atoms with van der Waals surface area (Å²) in [6, 6.07) is 5.81. The fraction of sp³-hybridized carbons (Fsp3) is 0.154. The van der Waals surface area contributed by atoms with Crippen LogP contribution in [-0.4, -0.2) is 16.1 Å². The molecule has 20 heavy (non-hydrogen) atoms. The number of rotatable bonds is 3. The van der Waals surface area contributed by atoms with Crippen LogP contribution in [0.1, 0.15) is 21.6 Å². The van der Waals surface area contributed by atoms with Crippen molar-refractivity contribution in [3.8, 4) is 0 Å². The van der Waals surface area contributed by atoms with E-state index in [4.69, 9.17) is 0 Å². The number of halogens is 2. The van der Waals surface area contributed by atoms with Crippen LogP contribution in [-0.2, 0) is 6.54 Å². The van der Waals surface area contributed by atoms with Crippen molar-refractivity contribution in [1.82, 2.24) is 15.5 Å². The van der Waals surface area contributed by atoms with Gasteiger partial charge in [-0.25, -0.2) is 9.49 Å². The lowest BCUT2D eigenvalue weighted by atomic mass is 10.1. The molecule has 0 aliphatic heterocycles. The van der Waals surface area contributed by atoms with E-state index in [1.165, 1.54) is 18.2 Å². The van der Waals surface area contributed by atoms with Gasteiger partial charge in [-0.15, -0.1) is 0 Å². The average molecular weight is 340 g/mol. The van der Waals surface area contributed by atoms with Gasteiger partial charge in [0.25, 0.3) is 11.5 Å². The molecule has 2 rings (SSSR count). The van der Waals surface area contributed by atoms with Gasteiger partial charge in [-0.3, -0.25) is 9.59 Å². The van der Waals surface area contributed by atoms with Gasteiger partial charge in [0.2, 0.25) is 0 Å². The highest BCUT2D eigenvalue weighted by Crippen LogP contribution is 2.21. The molecule has 0 unspecified atom stereocenters. The van der Waals surface area contributed by atoms with E-state index < -0.39 is 11.7 Å². The highest BCUT2D eigenvalue weighted by atomic mass is 79.9. The smallest absolute Gasteiger partial charge is 0.264 e. The fourth-order valence-electron chi connectivity index (χ4n) is 1.57. The number of H-pyrrole nitrogens is 1. The Morgan fingerprint density at radius 1 is 1.40 bits per heavy atom. The summed E-state index contributed by atoms with van der Waals surface area (Å²) in [5.74, 6) is -1.10. The summed E-state index contributed by atoms with van der Waals surface area (Å²) in [6.07, 6.45) is 0. The van der Waals surface area contributed by atoms with E-state index in [2.05, 4.69) is 31.4 Å². The van der Waals surface area contributed by atoms with Crippen LogP contribution < -0.4 is 10.9 Å². The maximum absolute atomic E-state index is 13.9. The largest absolute Gasteiger partial charge is 0.346 e. The fourth-order valence-corrected chi connectivity index (χ4v) is 1.88. The van der Waals surface area contributed by atoms with Gasteiger partial charge in [-0.05, 0) is 30.7 Å². The summed E-state index contributed by atoms with van der Waals surface area (Å²) in [4.78, 5) is 22.7. The third-order valence-corrected chi connectivity index (χ3v) is 3.59. The van der Waals surface area contributed by atoms with Crippen LogP contribution in [0.5, 0.6) is 0 Å². The van der Waals surface area contributed by atoms with Crippen LogP contribution in [0.4, 0.5) is 4.39 Å². The zero-order chi connectivity index (χ0) is 14.7. The summed E-state index contributed by atoms with van der Waals surface area (Å²) in [5, 5.41) is 8.54. The zero-order valence-electron chi connectivity index (χ0n) is 10.5. The van der Waals surface area contributed by atoms with Crippen molar-refractivity contribution >= 4 is 21.8 Å². The number of carbonyl (C=O) groups is 1. The van der Waals surface area contributed by atoms with Crippen molar-refractivity contribution in [2.75, 3.05) is 0 Å². The Hall–Kier alpha value is -2.02. The van der Waals surface area contributed by atoms with Crippen molar-refractivity contribution in [3.63, 3.8) is 0 Å². The topological polar surface area (TPSA) is 74.8 Å². The van der Waals surface area contributed by atoms with Crippen LogP contribution in [0, 0.1) is 12.7 Å². The maximum Gasteiger partial charge on any atom is 0.264 e. The first-order valence-electron chi connectivity index (χ1n) is 5.76. The van der Waals surface area contributed by atoms with Gasteiger partial charge in [0.15, 0.2) is 0 Å². The number of aromatic amines is 1. The molecule has 0 bridgehead atoms. The second-order valence-corrected chi connectivity index (χ2v) is 4.98. The Kier molecular flexibility index (Phi) is 4.29. The SMILES string of the molecule is Cc1c(Br)ccc(C(=O)NCc2ccc(=O)[nH]n2)c1F. The first-order chi connectivity index (χ1) is 9.49. The molecule has 2 N–H and O–H groups in total. The minimum absolute atomic E-state index is 0.0323. The molecular weight excluding hydrogens is 329 g/mol. The van der Waals surface area contributed by atoms with Crippen molar-refractivity contribution in [2.24, 2.45) is 0 Å². The number of nitrogens with zero attached hydrogens (tertiary/aromatic N) is 1. The lowest BCUT2D eigenvalue weighted by Gasteiger charge is -2.08. The van der Waals surface area contributed by atoms with Crippen LogP contribution in [0.25, 0.3) is 0 Å². The molecule has 0 saturated carbocycles. The Morgan fingerprint density at radius 2 is 2.15 bits per heavy atom. The lowest BCUT2D eigenvalue weighted by molar-refractivity contribution is 0.0946. The Balaban J connectivity index is 2.11. The molecular formula is C13H11BrFN3O2. The van der Waals surface area contributed by atoms with Gasteiger partial charge in [0.05, 0.1) is 17.8 Å². The highest BCUT2D eigenvalue weighted by Gasteiger charge is 2.15. The summed E-state index contributed by atoms with van der Waals surface area (Å²) in [6.45, 7) is 1.68. The molecule has 1 aromatic carbocycles. The van der Waals surface area contributed by atoms with Gasteiger partial charge < -0.3 is 5.32 Å². The maximum atomic E-state index is 13.9. The van der Waals surface area contributed by atoms with E-state index in [9.17, 15) is 14.0 Å². The summed E-state index contributed by atoms with van der Waals surface area (Å²) < 4.78 is 14.5. The van der Waals surface area contributed by atoms with Gasteiger partial charge in [-0.2, -0.15) is 5.10 Å². The average Bonchev–Trinajstić information content (AvgIpc) is 2.44. The van der Waals surface area contributed by atoms with Gasteiger partial charge in [0.1, 0.15) is 5.82 Å². The number of hydrogen-bond donors (Lipinski definition) is 2. The van der Waals surface area contributed by atoms with E-state index >= 15 is 0 Å². The second-order valence-electron chi connectivity index (χ2n) is 4.13. The molecule has 0 saturated heterocycles. The Morgan fingerprint density at radius 3 is 2.80 bits per heavy atom. The second kappa shape index (κ2) is 5.96. The highest BCUT2D eigenvalue weighted by molar-refractivity contribution is 9.10. The predicted molar refractivity (Wildman–Crippen MR) is 74.9 cm³/mol. The molecule has 1 heterocycles. The third kappa shape index (κ3) is 3.11. The van der Waals surface area contributed by atoms with E-state index in [0.717, 1.165) is 0 Å². The quantitative estimate of drug-likeness (QED) is 0.896. The van der Waals surface area contributed by atoms with Gasteiger partial charge in [0, 0.05) is 10.5 Å². The molecule has 0 radical (unpaired) electrons. The number of benzene rings is 1. The lowest BCUT2D eigenvalue weighted by Crippen LogP contribution is -2.25. The van der Waals surface area contributed by atoms with E-state index in [-0.39, 0.29) is 17.7 Å². The molecule has 0 fully saturated rings. The molecule has 0 atom stereocenters. The molecule has 1 amide bonds. The van der Waals surface area contributed by atoms with Gasteiger partial charge >= 0.3 is 0 Å². The van der Waals surface area contributed by atoms with Crippen LogP contribution >= 0.6 is 15.9 Å². The predicted octanol–water partition coefficient (Wildman–Crippen LogP) is 1.91. The van der Waals surface area contributed by atoms with E-state index in [1.807, 2.05) is 0 Å². The molecule has 2 aromatic rings. The van der Waals surface area contributed by atoms with Crippen LogP contribution in [0.2, 0.25) is 0 Å². The van der Waals surface area contributed by atoms with Gasteiger partial charge in [-0.1, -0.05) is 15.9 Å². The normalized spacial score (nSPS) is 10.3. The number of aromatic nitrogens is 2. The minimum Gasteiger partial charge on any atom is -0.346 e. The van der Waals surface area contributed by atoms with E-state index in [1.54, 1.807) is 13.0 Å². The molecule has 5 nitrogen and oxygen atoms in total. The molecule has 0 aliphatic rings. The Bertz CT molecular complexity index is 695. The zero-order valence-corrected chi connectivity index (χ0v) is 12.1. The molecule has 104 valence electrons. The first kappa shape index (κ1) is 14.4. The standard InChI is InChI=1S/C13H11BrFN3O2/c1-7-10(14)4-3-9(12(7)15)13(20)16-6-8-2-5-11(19)18-17-8/h2-5H,6H2,1H3,(H,16,20)(H,18,19). The van der Waals surface area contributed by atoms with Crippen LogP contribution in [0.15, 0.2) is 33.5 Å². The Labute approximate surface area is 122 Å². The van der Waals surface area contributed by atoms with Crippen molar-refractivity contribution in [2.45, 2.75) is 13.5 Å². The van der Waals surface area contributed by atoms with Crippen molar-refractivity contribution in [3.05, 3.63) is 61.7 Å². The number of nitrogens with one attached hydrogen (secondary N) is 2. The minimum atomic E-state index is -0.564.